The molecule has 0 saturated carbocycles. The fraction of sp³-hybridized carbons (Fsp3) is 0.120. The first-order valence-corrected chi connectivity index (χ1v) is 11.6. The largest absolute Gasteiger partial charge is 0.508 e. The summed E-state index contributed by atoms with van der Waals surface area (Å²) in [6.07, 6.45) is 1.45. The van der Waals surface area contributed by atoms with Crippen molar-refractivity contribution in [2.75, 3.05) is 11.9 Å². The van der Waals surface area contributed by atoms with Crippen LogP contribution in [0.2, 0.25) is 10.0 Å². The van der Waals surface area contributed by atoms with Crippen molar-refractivity contribution in [1.29, 1.82) is 5.26 Å². The maximum absolute atomic E-state index is 12.6. The Morgan fingerprint density at radius 1 is 1.09 bits per heavy atom. The number of nitriles is 1. The Labute approximate surface area is 215 Å². The third-order valence-electron chi connectivity index (χ3n) is 4.53. The number of amides is 1. The lowest BCUT2D eigenvalue weighted by atomic mass is 10.1. The van der Waals surface area contributed by atoms with Gasteiger partial charge < -0.3 is 19.9 Å². The summed E-state index contributed by atoms with van der Waals surface area (Å²) in [5, 5.41) is 22.4. The highest BCUT2D eigenvalue weighted by molar-refractivity contribution is 9.10. The van der Waals surface area contributed by atoms with E-state index in [2.05, 4.69) is 21.2 Å². The van der Waals surface area contributed by atoms with E-state index in [4.69, 9.17) is 32.7 Å². The molecule has 0 aliphatic carbocycles. The van der Waals surface area contributed by atoms with Gasteiger partial charge in [0.1, 0.15) is 24.0 Å². The molecular weight excluding hydrogens is 543 g/mol. The molecule has 9 heteroatoms. The van der Waals surface area contributed by atoms with Crippen molar-refractivity contribution < 1.29 is 19.4 Å². The highest BCUT2D eigenvalue weighted by Gasteiger charge is 2.15. The zero-order valence-electron chi connectivity index (χ0n) is 17.9. The number of hydrogen-bond donors (Lipinski definition) is 2. The average molecular weight is 562 g/mol. The number of halogens is 3. The SMILES string of the molecule is CCOc1cc(/C=C(\C#N)C(=O)Nc2ccc(O)cc2)c(Br)cc1OCc1ccc(Cl)c(Cl)c1. The second kappa shape index (κ2) is 11.8. The summed E-state index contributed by atoms with van der Waals surface area (Å²) in [7, 11) is 0. The number of aromatic hydroxyl groups is 1. The van der Waals surface area contributed by atoms with Crippen molar-refractivity contribution in [3.8, 4) is 23.3 Å². The van der Waals surface area contributed by atoms with Crippen molar-refractivity contribution in [2.24, 2.45) is 0 Å². The Bertz CT molecular complexity index is 1270. The molecule has 0 atom stereocenters. The van der Waals surface area contributed by atoms with Crippen molar-refractivity contribution in [3.63, 3.8) is 0 Å². The highest BCUT2D eigenvalue weighted by Crippen LogP contribution is 2.36. The van der Waals surface area contributed by atoms with E-state index in [-0.39, 0.29) is 17.9 Å². The van der Waals surface area contributed by atoms with Crippen LogP contribution in [0.25, 0.3) is 6.08 Å². The number of nitrogens with one attached hydrogen (secondary N) is 1. The fourth-order valence-corrected chi connectivity index (χ4v) is 3.64. The number of hydrogen-bond acceptors (Lipinski definition) is 5. The Balaban J connectivity index is 1.84. The summed E-state index contributed by atoms with van der Waals surface area (Å²) >= 11 is 15.5. The van der Waals surface area contributed by atoms with Crippen LogP contribution in [0.15, 0.2) is 64.6 Å². The molecule has 0 aliphatic rings. The molecule has 34 heavy (non-hydrogen) atoms. The molecule has 3 aromatic carbocycles. The molecule has 174 valence electrons. The minimum atomic E-state index is -0.585. The van der Waals surface area contributed by atoms with Crippen LogP contribution in [0.1, 0.15) is 18.1 Å². The first kappa shape index (κ1) is 25.4. The van der Waals surface area contributed by atoms with Crippen molar-refractivity contribution in [3.05, 3.63) is 85.8 Å². The van der Waals surface area contributed by atoms with E-state index in [0.29, 0.717) is 43.9 Å². The second-order valence-electron chi connectivity index (χ2n) is 6.96. The molecule has 2 N–H and O–H groups in total. The lowest BCUT2D eigenvalue weighted by Crippen LogP contribution is -2.13. The number of carbonyl (C=O) groups is 1. The third-order valence-corrected chi connectivity index (χ3v) is 5.96. The standard InChI is InChI=1S/C25H19BrCl2N2O4/c1-2-33-23-11-16(10-17(13-29)25(32)30-18-4-6-19(31)7-5-18)20(26)12-24(23)34-14-15-3-8-21(27)22(28)9-15/h3-12,31H,2,14H2,1H3,(H,30,32)/b17-10+. The molecule has 0 heterocycles. The normalized spacial score (nSPS) is 11.0. The Morgan fingerprint density at radius 3 is 2.44 bits per heavy atom. The van der Waals surface area contributed by atoms with Crippen LogP contribution >= 0.6 is 39.1 Å². The van der Waals surface area contributed by atoms with Gasteiger partial charge in [0.15, 0.2) is 11.5 Å². The molecule has 0 saturated heterocycles. The van der Waals surface area contributed by atoms with E-state index in [9.17, 15) is 15.2 Å². The molecule has 0 radical (unpaired) electrons. The number of rotatable bonds is 8. The first-order chi connectivity index (χ1) is 16.3. The number of benzene rings is 3. The smallest absolute Gasteiger partial charge is 0.266 e. The molecule has 0 fully saturated rings. The minimum Gasteiger partial charge on any atom is -0.508 e. The van der Waals surface area contributed by atoms with E-state index in [1.165, 1.54) is 30.3 Å². The maximum atomic E-state index is 12.6. The summed E-state index contributed by atoms with van der Waals surface area (Å²) in [4.78, 5) is 12.6. The molecule has 0 bridgehead atoms. The molecule has 3 aromatic rings. The van der Waals surface area contributed by atoms with Crippen LogP contribution in [-0.2, 0) is 11.4 Å². The van der Waals surface area contributed by atoms with Gasteiger partial charge in [-0.2, -0.15) is 5.26 Å². The monoisotopic (exact) mass is 560 g/mol. The zero-order chi connectivity index (χ0) is 24.7. The van der Waals surface area contributed by atoms with Gasteiger partial charge in [-0.25, -0.2) is 0 Å². The Hall–Kier alpha value is -3.18. The fourth-order valence-electron chi connectivity index (χ4n) is 2.88. The lowest BCUT2D eigenvalue weighted by Gasteiger charge is -2.14. The van der Waals surface area contributed by atoms with E-state index in [1.54, 1.807) is 24.3 Å². The van der Waals surface area contributed by atoms with Gasteiger partial charge >= 0.3 is 0 Å². The Kier molecular flexibility index (Phi) is 8.83. The predicted octanol–water partition coefficient (Wildman–Crippen LogP) is 6.98. The summed E-state index contributed by atoms with van der Waals surface area (Å²) in [6.45, 7) is 2.46. The van der Waals surface area contributed by atoms with Crippen molar-refractivity contribution in [1.82, 2.24) is 0 Å². The highest BCUT2D eigenvalue weighted by atomic mass is 79.9. The summed E-state index contributed by atoms with van der Waals surface area (Å²) in [5.41, 5.74) is 1.72. The third kappa shape index (κ3) is 6.67. The van der Waals surface area contributed by atoms with Gasteiger partial charge in [-0.15, -0.1) is 0 Å². The zero-order valence-corrected chi connectivity index (χ0v) is 21.0. The van der Waals surface area contributed by atoms with Gasteiger partial charge in [-0.3, -0.25) is 4.79 Å². The van der Waals surface area contributed by atoms with Gasteiger partial charge in [0.25, 0.3) is 5.91 Å². The quantitative estimate of drug-likeness (QED) is 0.176. The number of phenols is 1. The van der Waals surface area contributed by atoms with Gasteiger partial charge in [-0.1, -0.05) is 45.2 Å². The summed E-state index contributed by atoms with van der Waals surface area (Å²) in [6, 6.07) is 16.5. The van der Waals surface area contributed by atoms with Gasteiger partial charge in [-0.05, 0) is 72.7 Å². The lowest BCUT2D eigenvalue weighted by molar-refractivity contribution is -0.112. The number of nitrogens with zero attached hydrogens (tertiary/aromatic N) is 1. The predicted molar refractivity (Wildman–Crippen MR) is 136 cm³/mol. The minimum absolute atomic E-state index is 0.0721. The molecule has 0 aliphatic heterocycles. The molecule has 0 spiro atoms. The van der Waals surface area contributed by atoms with Crippen molar-refractivity contribution >= 4 is 56.8 Å². The topological polar surface area (TPSA) is 91.6 Å². The molecule has 0 aromatic heterocycles. The molecule has 0 unspecified atom stereocenters. The number of carbonyl (C=O) groups excluding carboxylic acids is 1. The molecule has 1 amide bonds. The first-order valence-electron chi connectivity index (χ1n) is 10.1. The summed E-state index contributed by atoms with van der Waals surface area (Å²) in [5.74, 6) is 0.415. The summed E-state index contributed by atoms with van der Waals surface area (Å²) < 4.78 is 12.3. The second-order valence-corrected chi connectivity index (χ2v) is 8.63. The van der Waals surface area contributed by atoms with Gasteiger partial charge in [0.05, 0.1) is 16.7 Å². The van der Waals surface area contributed by atoms with E-state index in [0.717, 1.165) is 5.56 Å². The Morgan fingerprint density at radius 2 is 1.79 bits per heavy atom. The average Bonchev–Trinajstić information content (AvgIpc) is 2.81. The van der Waals surface area contributed by atoms with E-state index in [1.807, 2.05) is 19.1 Å². The van der Waals surface area contributed by atoms with Crippen molar-refractivity contribution in [2.45, 2.75) is 13.5 Å². The molecular formula is C25H19BrCl2N2O4. The number of ether oxygens (including phenoxy) is 2. The van der Waals surface area contributed by atoms with Crippen LogP contribution in [0.4, 0.5) is 5.69 Å². The number of phenolic OH excluding ortho intramolecular Hbond substituents is 1. The van der Waals surface area contributed by atoms with Crippen LogP contribution in [0.3, 0.4) is 0 Å². The maximum Gasteiger partial charge on any atom is 0.266 e. The van der Waals surface area contributed by atoms with Crippen LogP contribution in [0, 0.1) is 11.3 Å². The van der Waals surface area contributed by atoms with Gasteiger partial charge in [0, 0.05) is 10.2 Å². The van der Waals surface area contributed by atoms with Gasteiger partial charge in [0.2, 0.25) is 0 Å². The van der Waals surface area contributed by atoms with E-state index >= 15 is 0 Å². The van der Waals surface area contributed by atoms with Crippen LogP contribution in [0.5, 0.6) is 17.2 Å². The molecule has 6 nitrogen and oxygen atoms in total. The van der Waals surface area contributed by atoms with Crippen LogP contribution in [-0.4, -0.2) is 17.6 Å². The van der Waals surface area contributed by atoms with Crippen LogP contribution < -0.4 is 14.8 Å². The molecule has 3 rings (SSSR count). The number of anilines is 1. The van der Waals surface area contributed by atoms with E-state index < -0.39 is 5.91 Å².